The van der Waals surface area contributed by atoms with Crippen LogP contribution >= 0.6 is 0 Å². The maximum atomic E-state index is 13.4. The van der Waals surface area contributed by atoms with E-state index in [-0.39, 0.29) is 22.5 Å². The Morgan fingerprint density at radius 1 is 1.00 bits per heavy atom. The van der Waals surface area contributed by atoms with Crippen LogP contribution in [0.25, 0.3) is 0 Å². The van der Waals surface area contributed by atoms with E-state index >= 15 is 0 Å². The topological polar surface area (TPSA) is 99.6 Å². The Hall–Kier alpha value is -1.34. The number of aromatic nitrogens is 2. The molecule has 10 heteroatoms. The quantitative estimate of drug-likeness (QED) is 0.640. The van der Waals surface area contributed by atoms with E-state index in [0.717, 1.165) is 4.57 Å². The number of carbonyl (C=O) groups excluding carboxylic acids is 1. The number of ether oxygens (including phenoxy) is 1. The number of carbonyl (C=O) groups is 1. The minimum absolute atomic E-state index is 0.000649. The summed E-state index contributed by atoms with van der Waals surface area (Å²) in [6.45, 7) is 21.4. The number of nitrogens with one attached hydrogen (secondary N) is 1. The molecule has 0 spiro atoms. The molecule has 0 amide bonds. The van der Waals surface area contributed by atoms with E-state index in [1.54, 1.807) is 0 Å². The van der Waals surface area contributed by atoms with Gasteiger partial charge in [-0.2, -0.15) is 0 Å². The number of aromatic amines is 1. The molecule has 0 bridgehead atoms. The van der Waals surface area contributed by atoms with Gasteiger partial charge in [-0.25, -0.2) is 4.79 Å². The van der Waals surface area contributed by atoms with Gasteiger partial charge < -0.3 is 13.6 Å². The van der Waals surface area contributed by atoms with Crippen molar-refractivity contribution in [3.05, 3.63) is 33.1 Å². The molecule has 1 saturated heterocycles. The van der Waals surface area contributed by atoms with Gasteiger partial charge in [0, 0.05) is 12.3 Å². The lowest BCUT2D eigenvalue weighted by atomic mass is 10.1. The van der Waals surface area contributed by atoms with Crippen LogP contribution in [0.1, 0.15) is 47.8 Å². The summed E-state index contributed by atoms with van der Waals surface area (Å²) in [5, 5.41) is -0.105. The van der Waals surface area contributed by atoms with Gasteiger partial charge >= 0.3 is 5.69 Å². The zero-order valence-corrected chi connectivity index (χ0v) is 22.5. The second-order valence-electron chi connectivity index (χ2n) is 11.3. The Balaban J connectivity index is 2.38. The number of ketones is 1. The molecule has 8 nitrogen and oxygen atoms in total. The van der Waals surface area contributed by atoms with Crippen molar-refractivity contribution in [2.45, 2.75) is 96.2 Å². The summed E-state index contributed by atoms with van der Waals surface area (Å²) >= 11 is 0. The van der Waals surface area contributed by atoms with E-state index in [1.807, 2.05) is 0 Å². The molecule has 1 aromatic heterocycles. The van der Waals surface area contributed by atoms with Gasteiger partial charge in [0.25, 0.3) is 5.56 Å². The SMILES string of the molecule is CC(C)(C)[Si](C)(C)OC[C@H]1O[C@@H](n2ccc(=O)[nH]c2=O)C(=O)[C@@H]1O[Si](C)(C)C(C)(C)C. The molecule has 3 atom stereocenters. The molecular formula is C21H38N2O6Si2. The lowest BCUT2D eigenvalue weighted by molar-refractivity contribution is -0.130. The van der Waals surface area contributed by atoms with Gasteiger partial charge in [0.1, 0.15) is 12.2 Å². The first kappa shape index (κ1) is 25.9. The van der Waals surface area contributed by atoms with Crippen LogP contribution in [0.15, 0.2) is 21.9 Å². The first-order valence-electron chi connectivity index (χ1n) is 10.7. The fourth-order valence-corrected chi connectivity index (χ4v) is 4.97. The molecule has 176 valence electrons. The van der Waals surface area contributed by atoms with Crippen molar-refractivity contribution in [3.8, 4) is 0 Å². The molecule has 0 unspecified atom stereocenters. The van der Waals surface area contributed by atoms with Crippen molar-refractivity contribution in [2.24, 2.45) is 0 Å². The van der Waals surface area contributed by atoms with Gasteiger partial charge in [-0.15, -0.1) is 0 Å². The van der Waals surface area contributed by atoms with Crippen LogP contribution in [0.4, 0.5) is 0 Å². The third-order valence-corrected chi connectivity index (χ3v) is 15.9. The Morgan fingerprint density at radius 2 is 1.55 bits per heavy atom. The maximum absolute atomic E-state index is 13.4. The minimum atomic E-state index is -2.31. The van der Waals surface area contributed by atoms with Gasteiger partial charge in [-0.1, -0.05) is 41.5 Å². The summed E-state index contributed by atoms with van der Waals surface area (Å²) in [7, 11) is -4.40. The number of rotatable bonds is 6. The fraction of sp³-hybridized carbons (Fsp3) is 0.762. The smallest absolute Gasteiger partial charge is 0.330 e. The number of nitrogens with zero attached hydrogens (tertiary/aromatic N) is 1. The van der Waals surface area contributed by atoms with Crippen molar-refractivity contribution in [3.63, 3.8) is 0 Å². The van der Waals surface area contributed by atoms with Crippen molar-refractivity contribution in [1.29, 1.82) is 0 Å². The van der Waals surface area contributed by atoms with Crippen molar-refractivity contribution < 1.29 is 18.4 Å². The van der Waals surface area contributed by atoms with E-state index in [2.05, 4.69) is 72.7 Å². The number of hydrogen-bond acceptors (Lipinski definition) is 6. The molecule has 0 aromatic carbocycles. The van der Waals surface area contributed by atoms with Crippen LogP contribution in [0, 0.1) is 0 Å². The van der Waals surface area contributed by atoms with Crippen LogP contribution in [0.5, 0.6) is 0 Å². The molecular weight excluding hydrogens is 432 g/mol. The van der Waals surface area contributed by atoms with Gasteiger partial charge in [-0.05, 0) is 36.3 Å². The molecule has 0 aliphatic carbocycles. The molecule has 0 saturated carbocycles. The standard InChI is InChI=1S/C21H38N2O6Si2/c1-20(2,3)30(7,8)27-13-14-17(29-31(9,10)21(4,5)6)16(25)18(28-14)23-12-11-15(24)22-19(23)26/h11-12,14,17-18H,13H2,1-10H3,(H,22,24,26)/t14-,17-,18-/m1/s1. The molecule has 0 radical (unpaired) electrons. The summed E-state index contributed by atoms with van der Waals surface area (Å²) in [6.07, 6.45) is -1.36. The largest absolute Gasteiger partial charge is 0.414 e. The van der Waals surface area contributed by atoms with E-state index in [9.17, 15) is 14.4 Å². The van der Waals surface area contributed by atoms with Crippen molar-refractivity contribution in [2.75, 3.05) is 6.61 Å². The second-order valence-corrected chi connectivity index (χ2v) is 20.9. The third kappa shape index (κ3) is 5.54. The van der Waals surface area contributed by atoms with E-state index in [4.69, 9.17) is 13.6 Å². The van der Waals surface area contributed by atoms with Gasteiger partial charge in [-0.3, -0.25) is 19.1 Å². The summed E-state index contributed by atoms with van der Waals surface area (Å²) in [4.78, 5) is 39.3. The van der Waals surface area contributed by atoms with E-state index in [0.29, 0.717) is 0 Å². The second kappa shape index (κ2) is 8.55. The number of Topliss-reactive ketones (excluding diaryl/α,β-unsaturated/α-hetero) is 1. The Bertz CT molecular complexity index is 923. The van der Waals surface area contributed by atoms with Crippen LogP contribution < -0.4 is 11.2 Å². The highest BCUT2D eigenvalue weighted by Crippen LogP contribution is 2.41. The third-order valence-electron chi connectivity index (χ3n) is 6.91. The van der Waals surface area contributed by atoms with Crippen LogP contribution in [-0.4, -0.2) is 50.8 Å². The molecule has 2 heterocycles. The predicted octanol–water partition coefficient (Wildman–Crippen LogP) is 3.42. The molecule has 1 aliphatic rings. The Kier molecular flexibility index (Phi) is 7.15. The highest BCUT2D eigenvalue weighted by atomic mass is 28.4. The van der Waals surface area contributed by atoms with Gasteiger partial charge in [0.15, 0.2) is 22.9 Å². The van der Waals surface area contributed by atoms with Crippen LogP contribution in [0.2, 0.25) is 36.3 Å². The first-order chi connectivity index (χ1) is 13.9. The van der Waals surface area contributed by atoms with Crippen molar-refractivity contribution >= 4 is 22.4 Å². The Morgan fingerprint density at radius 3 is 2.03 bits per heavy atom. The van der Waals surface area contributed by atoms with E-state index in [1.165, 1.54) is 12.3 Å². The zero-order chi connectivity index (χ0) is 24.0. The summed E-state index contributed by atoms with van der Waals surface area (Å²) in [5.74, 6) is -0.331. The van der Waals surface area contributed by atoms with E-state index < -0.39 is 46.3 Å². The molecule has 2 rings (SSSR count). The average molecular weight is 471 g/mol. The molecule has 1 fully saturated rings. The number of H-pyrrole nitrogens is 1. The van der Waals surface area contributed by atoms with Gasteiger partial charge in [0.2, 0.25) is 5.78 Å². The highest BCUT2D eigenvalue weighted by Gasteiger charge is 2.51. The molecule has 31 heavy (non-hydrogen) atoms. The van der Waals surface area contributed by atoms with Gasteiger partial charge in [0.05, 0.1) is 6.61 Å². The molecule has 1 N–H and O–H groups in total. The maximum Gasteiger partial charge on any atom is 0.330 e. The Labute approximate surface area is 186 Å². The number of hydrogen-bond donors (Lipinski definition) is 1. The normalized spacial score (nSPS) is 23.4. The lowest BCUT2D eigenvalue weighted by Gasteiger charge is -2.40. The van der Waals surface area contributed by atoms with Crippen LogP contribution in [0.3, 0.4) is 0 Å². The summed E-state index contributed by atoms with van der Waals surface area (Å²) < 4.78 is 20.0. The predicted molar refractivity (Wildman–Crippen MR) is 125 cm³/mol. The lowest BCUT2D eigenvalue weighted by Crippen LogP contribution is -2.50. The zero-order valence-electron chi connectivity index (χ0n) is 20.5. The summed E-state index contributed by atoms with van der Waals surface area (Å²) in [5.41, 5.74) is -1.22. The minimum Gasteiger partial charge on any atom is -0.414 e. The molecule has 1 aromatic rings. The fourth-order valence-electron chi connectivity index (χ4n) is 2.70. The highest BCUT2D eigenvalue weighted by molar-refractivity contribution is 6.74. The summed E-state index contributed by atoms with van der Waals surface area (Å²) in [6, 6.07) is 1.20. The van der Waals surface area contributed by atoms with Crippen LogP contribution in [-0.2, 0) is 18.4 Å². The molecule has 1 aliphatic heterocycles. The average Bonchev–Trinajstić information content (AvgIpc) is 2.87. The first-order valence-corrected chi connectivity index (χ1v) is 16.5. The monoisotopic (exact) mass is 470 g/mol. The van der Waals surface area contributed by atoms with Crippen molar-refractivity contribution in [1.82, 2.24) is 9.55 Å².